The summed E-state index contributed by atoms with van der Waals surface area (Å²) in [5.74, 6) is 0. The molecule has 2 aromatic rings. The molecule has 1 aliphatic carbocycles. The topological polar surface area (TPSA) is 36.4 Å². The van der Waals surface area contributed by atoms with E-state index in [-0.39, 0.29) is 6.61 Å². The standard InChI is InChI=1S/C19H24N2O/c22-13-11-14-6-3-4-12-21(14)19-15-7-1-2-9-17(15)20-18-10-5-8-16(18)19/h1-2,7,9,14,22H,3-6,8,10-13H2. The van der Waals surface area contributed by atoms with Crippen molar-refractivity contribution in [2.45, 2.75) is 51.0 Å². The van der Waals surface area contributed by atoms with Crippen LogP contribution in [0.1, 0.15) is 43.4 Å². The van der Waals surface area contributed by atoms with E-state index in [1.54, 1.807) is 0 Å². The third-order valence-electron chi connectivity index (χ3n) is 5.27. The van der Waals surface area contributed by atoms with Gasteiger partial charge in [-0.1, -0.05) is 18.2 Å². The van der Waals surface area contributed by atoms with Gasteiger partial charge in [0.25, 0.3) is 0 Å². The van der Waals surface area contributed by atoms with Crippen molar-refractivity contribution in [1.82, 2.24) is 4.98 Å². The molecule has 2 aliphatic rings. The molecule has 0 amide bonds. The highest BCUT2D eigenvalue weighted by Gasteiger charge is 2.28. The van der Waals surface area contributed by atoms with Crippen molar-refractivity contribution in [3.63, 3.8) is 0 Å². The van der Waals surface area contributed by atoms with Gasteiger partial charge in [-0.2, -0.15) is 0 Å². The second-order valence-electron chi connectivity index (χ2n) is 6.61. The van der Waals surface area contributed by atoms with Crippen LogP contribution in [0, 0.1) is 0 Å². The Bertz CT molecular complexity index is 680. The maximum absolute atomic E-state index is 9.45. The van der Waals surface area contributed by atoms with E-state index in [0.29, 0.717) is 6.04 Å². The number of hydrogen-bond acceptors (Lipinski definition) is 3. The van der Waals surface area contributed by atoms with Crippen LogP contribution in [-0.2, 0) is 12.8 Å². The molecule has 22 heavy (non-hydrogen) atoms. The highest BCUT2D eigenvalue weighted by molar-refractivity contribution is 5.94. The van der Waals surface area contributed by atoms with Crippen LogP contribution in [0.5, 0.6) is 0 Å². The fourth-order valence-electron chi connectivity index (χ4n) is 4.26. The van der Waals surface area contributed by atoms with Crippen molar-refractivity contribution in [3.8, 4) is 0 Å². The Labute approximate surface area is 132 Å². The number of aryl methyl sites for hydroxylation is 1. The van der Waals surface area contributed by atoms with Crippen LogP contribution in [0.4, 0.5) is 5.69 Å². The average Bonchev–Trinajstić information content (AvgIpc) is 3.01. The number of aliphatic hydroxyl groups is 1. The van der Waals surface area contributed by atoms with Gasteiger partial charge in [0.2, 0.25) is 0 Å². The summed E-state index contributed by atoms with van der Waals surface area (Å²) < 4.78 is 0. The molecule has 1 saturated heterocycles. The van der Waals surface area contributed by atoms with Crippen LogP contribution in [0.15, 0.2) is 24.3 Å². The number of para-hydroxylation sites is 1. The highest BCUT2D eigenvalue weighted by atomic mass is 16.3. The summed E-state index contributed by atoms with van der Waals surface area (Å²) in [7, 11) is 0. The molecule has 1 unspecified atom stereocenters. The first kappa shape index (κ1) is 14.0. The largest absolute Gasteiger partial charge is 0.396 e. The summed E-state index contributed by atoms with van der Waals surface area (Å²) in [6.45, 7) is 1.40. The van der Waals surface area contributed by atoms with Crippen molar-refractivity contribution >= 4 is 16.6 Å². The van der Waals surface area contributed by atoms with Gasteiger partial charge in [-0.3, -0.25) is 4.98 Å². The molecule has 116 valence electrons. The second kappa shape index (κ2) is 5.88. The van der Waals surface area contributed by atoms with Gasteiger partial charge >= 0.3 is 0 Å². The van der Waals surface area contributed by atoms with Gasteiger partial charge in [0.1, 0.15) is 0 Å². The summed E-state index contributed by atoms with van der Waals surface area (Å²) in [6.07, 6.45) is 8.12. The number of piperidine rings is 1. The van der Waals surface area contributed by atoms with Gasteiger partial charge in [0, 0.05) is 30.3 Å². The molecule has 1 fully saturated rings. The number of rotatable bonds is 3. The molecular weight excluding hydrogens is 272 g/mol. The van der Waals surface area contributed by atoms with Crippen molar-refractivity contribution < 1.29 is 5.11 Å². The van der Waals surface area contributed by atoms with Gasteiger partial charge in [0.05, 0.1) is 11.2 Å². The third-order valence-corrected chi connectivity index (χ3v) is 5.27. The molecule has 1 aromatic carbocycles. The molecular formula is C19H24N2O. The number of nitrogens with zero attached hydrogens (tertiary/aromatic N) is 2. The van der Waals surface area contributed by atoms with E-state index < -0.39 is 0 Å². The van der Waals surface area contributed by atoms with E-state index in [0.717, 1.165) is 31.3 Å². The molecule has 4 rings (SSSR count). The predicted octanol–water partition coefficient (Wildman–Crippen LogP) is 3.46. The molecule has 3 nitrogen and oxygen atoms in total. The minimum absolute atomic E-state index is 0.284. The summed E-state index contributed by atoms with van der Waals surface area (Å²) in [4.78, 5) is 7.50. The average molecular weight is 296 g/mol. The van der Waals surface area contributed by atoms with Gasteiger partial charge in [-0.05, 0) is 56.6 Å². The predicted molar refractivity (Wildman–Crippen MR) is 90.5 cm³/mol. The van der Waals surface area contributed by atoms with Gasteiger partial charge in [-0.25, -0.2) is 0 Å². The Morgan fingerprint density at radius 1 is 1.14 bits per heavy atom. The highest BCUT2D eigenvalue weighted by Crippen LogP contribution is 2.39. The normalized spacial score (nSPS) is 21.3. The number of anilines is 1. The fourth-order valence-corrected chi connectivity index (χ4v) is 4.26. The van der Waals surface area contributed by atoms with Crippen LogP contribution < -0.4 is 4.90 Å². The lowest BCUT2D eigenvalue weighted by Gasteiger charge is -2.39. The Hall–Kier alpha value is -1.61. The van der Waals surface area contributed by atoms with Gasteiger partial charge in [0.15, 0.2) is 0 Å². The number of aromatic nitrogens is 1. The monoisotopic (exact) mass is 296 g/mol. The first-order valence-corrected chi connectivity index (χ1v) is 8.66. The molecule has 1 aromatic heterocycles. The Kier molecular flexibility index (Phi) is 3.75. The molecule has 0 bridgehead atoms. The SMILES string of the molecule is OCCC1CCCCN1c1c2c(nc3ccccc13)CCC2. The molecule has 0 saturated carbocycles. The Morgan fingerprint density at radius 2 is 2.05 bits per heavy atom. The fraction of sp³-hybridized carbons (Fsp3) is 0.526. The van der Waals surface area contributed by atoms with E-state index in [1.165, 1.54) is 48.0 Å². The molecule has 1 atom stereocenters. The van der Waals surface area contributed by atoms with Gasteiger partial charge in [-0.15, -0.1) is 0 Å². The number of fused-ring (bicyclic) bond motifs is 2. The van der Waals surface area contributed by atoms with E-state index in [9.17, 15) is 5.11 Å². The zero-order chi connectivity index (χ0) is 14.9. The lowest BCUT2D eigenvalue weighted by atomic mass is 9.96. The van der Waals surface area contributed by atoms with Crippen LogP contribution in [0.2, 0.25) is 0 Å². The summed E-state index contributed by atoms with van der Waals surface area (Å²) in [6, 6.07) is 9.06. The zero-order valence-corrected chi connectivity index (χ0v) is 13.1. The lowest BCUT2D eigenvalue weighted by Crippen LogP contribution is -2.40. The summed E-state index contributed by atoms with van der Waals surface area (Å²) >= 11 is 0. The van der Waals surface area contributed by atoms with Crippen molar-refractivity contribution in [2.24, 2.45) is 0 Å². The quantitative estimate of drug-likeness (QED) is 0.942. The zero-order valence-electron chi connectivity index (χ0n) is 13.1. The summed E-state index contributed by atoms with van der Waals surface area (Å²) in [5, 5.41) is 10.7. The number of hydrogen-bond donors (Lipinski definition) is 1. The Balaban J connectivity index is 1.89. The first-order valence-electron chi connectivity index (χ1n) is 8.66. The van der Waals surface area contributed by atoms with Crippen molar-refractivity contribution in [2.75, 3.05) is 18.1 Å². The van der Waals surface area contributed by atoms with Crippen LogP contribution in [-0.4, -0.2) is 29.3 Å². The molecule has 0 radical (unpaired) electrons. The van der Waals surface area contributed by atoms with Crippen LogP contribution in [0.25, 0.3) is 10.9 Å². The second-order valence-corrected chi connectivity index (χ2v) is 6.61. The van der Waals surface area contributed by atoms with E-state index in [2.05, 4.69) is 29.2 Å². The maximum atomic E-state index is 9.45. The summed E-state index contributed by atoms with van der Waals surface area (Å²) in [5.41, 5.74) is 5.34. The number of benzene rings is 1. The minimum atomic E-state index is 0.284. The number of aliphatic hydroxyl groups excluding tert-OH is 1. The minimum Gasteiger partial charge on any atom is -0.396 e. The van der Waals surface area contributed by atoms with Crippen LogP contribution in [0.3, 0.4) is 0 Å². The Morgan fingerprint density at radius 3 is 2.95 bits per heavy atom. The van der Waals surface area contributed by atoms with Crippen molar-refractivity contribution in [3.05, 3.63) is 35.5 Å². The lowest BCUT2D eigenvalue weighted by molar-refractivity contribution is 0.262. The molecule has 2 heterocycles. The smallest absolute Gasteiger partial charge is 0.0726 e. The van der Waals surface area contributed by atoms with E-state index >= 15 is 0 Å². The van der Waals surface area contributed by atoms with E-state index in [4.69, 9.17) is 4.98 Å². The van der Waals surface area contributed by atoms with Gasteiger partial charge < -0.3 is 10.0 Å². The molecule has 1 aliphatic heterocycles. The number of pyridine rings is 1. The van der Waals surface area contributed by atoms with Crippen molar-refractivity contribution in [1.29, 1.82) is 0 Å². The third kappa shape index (κ3) is 2.28. The molecule has 1 N–H and O–H groups in total. The first-order chi connectivity index (χ1) is 10.9. The maximum Gasteiger partial charge on any atom is 0.0726 e. The molecule has 0 spiro atoms. The molecule has 3 heteroatoms. The van der Waals surface area contributed by atoms with E-state index in [1.807, 2.05) is 0 Å². The van der Waals surface area contributed by atoms with Crippen LogP contribution >= 0.6 is 0 Å².